The molecule has 0 aliphatic heterocycles. The first-order valence-corrected chi connectivity index (χ1v) is 6.69. The van der Waals surface area contributed by atoms with Crippen LogP contribution in [0.4, 0.5) is 5.82 Å². The summed E-state index contributed by atoms with van der Waals surface area (Å²) in [6.45, 7) is 0. The second-order valence-electron chi connectivity index (χ2n) is 4.07. The van der Waals surface area contributed by atoms with E-state index in [2.05, 4.69) is 10.2 Å². The molecule has 0 unspecified atom stereocenters. The Labute approximate surface area is 114 Å². The van der Waals surface area contributed by atoms with E-state index in [0.29, 0.717) is 5.82 Å². The first-order valence-electron chi connectivity index (χ1n) is 5.81. The molecular weight excluding hydrogens is 258 g/mol. The Morgan fingerprint density at radius 2 is 2.16 bits per heavy atom. The van der Waals surface area contributed by atoms with Gasteiger partial charge in [0.1, 0.15) is 5.75 Å². The fourth-order valence-electron chi connectivity index (χ4n) is 2.01. The molecule has 4 nitrogen and oxygen atoms in total. The molecule has 2 heterocycles. The van der Waals surface area contributed by atoms with Crippen LogP contribution in [0.15, 0.2) is 41.8 Å². The van der Waals surface area contributed by atoms with E-state index >= 15 is 0 Å². The normalized spacial score (nSPS) is 10.6. The summed E-state index contributed by atoms with van der Waals surface area (Å²) >= 11 is 1.64. The second-order valence-corrected chi connectivity index (χ2v) is 5.02. The highest BCUT2D eigenvalue weighted by molar-refractivity contribution is 7.13. The van der Waals surface area contributed by atoms with Crippen molar-refractivity contribution in [2.24, 2.45) is 0 Å². The molecule has 0 fully saturated rings. The standard InChI is InChI=1S/C14H13N3OS/c1-18-10-5-2-4-9(8-10)13-12(14(15)17-16-13)11-6-3-7-19-11/h2-8H,1H3,(H3,15,16,17). The molecular formula is C14H13N3OS. The summed E-state index contributed by atoms with van der Waals surface area (Å²) in [4.78, 5) is 1.10. The predicted molar refractivity (Wildman–Crippen MR) is 78.3 cm³/mol. The average Bonchev–Trinajstić information content (AvgIpc) is 3.07. The van der Waals surface area contributed by atoms with Gasteiger partial charge in [0.15, 0.2) is 5.82 Å². The van der Waals surface area contributed by atoms with Crippen LogP contribution in [0.2, 0.25) is 0 Å². The van der Waals surface area contributed by atoms with Crippen LogP contribution in [0.3, 0.4) is 0 Å². The zero-order chi connectivity index (χ0) is 13.2. The van der Waals surface area contributed by atoms with Crippen LogP contribution >= 0.6 is 11.3 Å². The zero-order valence-corrected chi connectivity index (χ0v) is 11.2. The van der Waals surface area contributed by atoms with Crippen molar-refractivity contribution in [2.45, 2.75) is 0 Å². The quantitative estimate of drug-likeness (QED) is 0.767. The number of methoxy groups -OCH3 is 1. The largest absolute Gasteiger partial charge is 0.497 e. The molecule has 0 bridgehead atoms. The van der Waals surface area contributed by atoms with Crippen molar-refractivity contribution in [3.8, 4) is 27.4 Å². The molecule has 5 heteroatoms. The molecule has 0 amide bonds. The fraction of sp³-hybridized carbons (Fsp3) is 0.0714. The molecule has 3 rings (SSSR count). The number of nitrogens with zero attached hydrogens (tertiary/aromatic N) is 1. The van der Waals surface area contributed by atoms with Crippen molar-refractivity contribution < 1.29 is 4.74 Å². The smallest absolute Gasteiger partial charge is 0.154 e. The van der Waals surface area contributed by atoms with Crippen LogP contribution in [0, 0.1) is 0 Å². The number of anilines is 1. The van der Waals surface area contributed by atoms with Gasteiger partial charge in [-0.15, -0.1) is 11.3 Å². The Balaban J connectivity index is 2.15. The lowest BCUT2D eigenvalue weighted by Gasteiger charge is -2.05. The number of hydrogen-bond donors (Lipinski definition) is 2. The minimum atomic E-state index is 0.514. The van der Waals surface area contributed by atoms with Gasteiger partial charge in [0, 0.05) is 10.4 Å². The molecule has 3 N–H and O–H groups in total. The number of nitrogens with one attached hydrogen (secondary N) is 1. The Bertz CT molecular complexity index is 689. The van der Waals surface area contributed by atoms with Crippen molar-refractivity contribution in [1.29, 1.82) is 0 Å². The Morgan fingerprint density at radius 3 is 2.89 bits per heavy atom. The van der Waals surface area contributed by atoms with Crippen LogP contribution in [0.25, 0.3) is 21.7 Å². The first-order chi connectivity index (χ1) is 9.29. The molecule has 0 aliphatic rings. The van der Waals surface area contributed by atoms with Crippen LogP contribution < -0.4 is 10.5 Å². The van der Waals surface area contributed by atoms with Gasteiger partial charge in [0.25, 0.3) is 0 Å². The molecule has 0 saturated heterocycles. The number of hydrogen-bond acceptors (Lipinski definition) is 4. The van der Waals surface area contributed by atoms with E-state index in [9.17, 15) is 0 Å². The highest BCUT2D eigenvalue weighted by Gasteiger charge is 2.15. The molecule has 0 atom stereocenters. The van der Waals surface area contributed by atoms with Gasteiger partial charge in [-0.25, -0.2) is 0 Å². The number of aromatic nitrogens is 2. The maximum atomic E-state index is 5.97. The summed E-state index contributed by atoms with van der Waals surface area (Å²) in [5.41, 5.74) is 8.84. The van der Waals surface area contributed by atoms with E-state index < -0.39 is 0 Å². The van der Waals surface area contributed by atoms with E-state index in [0.717, 1.165) is 27.4 Å². The Morgan fingerprint density at radius 1 is 1.26 bits per heavy atom. The lowest BCUT2D eigenvalue weighted by molar-refractivity contribution is 0.415. The van der Waals surface area contributed by atoms with Crippen LogP contribution in [-0.2, 0) is 0 Å². The number of nitrogen functional groups attached to an aromatic ring is 1. The number of benzene rings is 1. The monoisotopic (exact) mass is 271 g/mol. The SMILES string of the molecule is COc1cccc(-c2[nH]nc(N)c2-c2cccs2)c1. The molecule has 2 aromatic heterocycles. The molecule has 96 valence electrons. The highest BCUT2D eigenvalue weighted by Crippen LogP contribution is 2.37. The van der Waals surface area contributed by atoms with Gasteiger partial charge < -0.3 is 10.5 Å². The van der Waals surface area contributed by atoms with Crippen molar-refractivity contribution in [3.63, 3.8) is 0 Å². The molecule has 19 heavy (non-hydrogen) atoms. The summed E-state index contributed by atoms with van der Waals surface area (Å²) < 4.78 is 5.25. The van der Waals surface area contributed by atoms with E-state index in [1.54, 1.807) is 18.4 Å². The van der Waals surface area contributed by atoms with E-state index in [1.807, 2.05) is 41.8 Å². The number of rotatable bonds is 3. The highest BCUT2D eigenvalue weighted by atomic mass is 32.1. The fourth-order valence-corrected chi connectivity index (χ4v) is 2.80. The molecule has 0 radical (unpaired) electrons. The van der Waals surface area contributed by atoms with Crippen LogP contribution in [0.1, 0.15) is 0 Å². The zero-order valence-electron chi connectivity index (χ0n) is 10.4. The van der Waals surface area contributed by atoms with E-state index in [4.69, 9.17) is 10.5 Å². The molecule has 1 aromatic carbocycles. The van der Waals surface area contributed by atoms with Gasteiger partial charge in [0.05, 0.1) is 18.4 Å². The topological polar surface area (TPSA) is 63.9 Å². The molecule has 0 spiro atoms. The number of aromatic amines is 1. The van der Waals surface area contributed by atoms with Crippen LogP contribution in [0.5, 0.6) is 5.75 Å². The number of thiophene rings is 1. The summed E-state index contributed by atoms with van der Waals surface area (Å²) in [5.74, 6) is 1.32. The van der Waals surface area contributed by atoms with Crippen molar-refractivity contribution in [3.05, 3.63) is 41.8 Å². The molecule has 0 aliphatic carbocycles. The van der Waals surface area contributed by atoms with E-state index in [1.165, 1.54) is 0 Å². The van der Waals surface area contributed by atoms with Gasteiger partial charge >= 0.3 is 0 Å². The average molecular weight is 271 g/mol. The van der Waals surface area contributed by atoms with Gasteiger partial charge in [-0.05, 0) is 23.6 Å². The maximum Gasteiger partial charge on any atom is 0.154 e. The second kappa shape index (κ2) is 4.78. The summed E-state index contributed by atoms with van der Waals surface area (Å²) in [6.07, 6.45) is 0. The molecule has 3 aromatic rings. The van der Waals surface area contributed by atoms with Crippen molar-refractivity contribution >= 4 is 17.2 Å². The third-order valence-corrected chi connectivity index (χ3v) is 3.81. The van der Waals surface area contributed by atoms with Gasteiger partial charge in [-0.3, -0.25) is 5.10 Å². The number of H-pyrrole nitrogens is 1. The van der Waals surface area contributed by atoms with Crippen LogP contribution in [-0.4, -0.2) is 17.3 Å². The third kappa shape index (κ3) is 2.08. The van der Waals surface area contributed by atoms with Gasteiger partial charge in [0.2, 0.25) is 0 Å². The first kappa shape index (κ1) is 11.8. The lowest BCUT2D eigenvalue weighted by Crippen LogP contribution is -1.87. The number of nitrogens with two attached hydrogens (primary N) is 1. The summed E-state index contributed by atoms with van der Waals surface area (Å²) in [7, 11) is 1.65. The number of ether oxygens (including phenoxy) is 1. The summed E-state index contributed by atoms with van der Waals surface area (Å²) in [6, 6.07) is 11.9. The molecule has 0 saturated carbocycles. The third-order valence-electron chi connectivity index (χ3n) is 2.92. The Kier molecular flexibility index (Phi) is 2.97. The van der Waals surface area contributed by atoms with Gasteiger partial charge in [-0.1, -0.05) is 18.2 Å². The van der Waals surface area contributed by atoms with E-state index in [-0.39, 0.29) is 0 Å². The Hall–Kier alpha value is -2.27. The summed E-state index contributed by atoms with van der Waals surface area (Å²) in [5, 5.41) is 9.15. The predicted octanol–water partition coefficient (Wildman–Crippen LogP) is 3.40. The van der Waals surface area contributed by atoms with Crippen molar-refractivity contribution in [2.75, 3.05) is 12.8 Å². The maximum absolute atomic E-state index is 5.97. The minimum absolute atomic E-state index is 0.514. The van der Waals surface area contributed by atoms with Crippen molar-refractivity contribution in [1.82, 2.24) is 10.2 Å². The minimum Gasteiger partial charge on any atom is -0.497 e. The lowest BCUT2D eigenvalue weighted by atomic mass is 10.1. The van der Waals surface area contributed by atoms with Gasteiger partial charge in [-0.2, -0.15) is 5.10 Å².